The predicted molar refractivity (Wildman–Crippen MR) is 51.8 cm³/mol. The van der Waals surface area contributed by atoms with E-state index >= 15 is 0 Å². The van der Waals surface area contributed by atoms with Gasteiger partial charge in [0.15, 0.2) is 11.3 Å². The Labute approximate surface area is 80.4 Å². The number of H-pyrrole nitrogens is 1. The van der Waals surface area contributed by atoms with Crippen molar-refractivity contribution in [2.45, 2.75) is 13.5 Å². The molecule has 5 nitrogen and oxygen atoms in total. The van der Waals surface area contributed by atoms with Gasteiger partial charge in [-0.05, 0) is 6.92 Å². The lowest BCUT2D eigenvalue weighted by Gasteiger charge is -2.00. The highest BCUT2D eigenvalue weighted by molar-refractivity contribution is 5.52. The molecule has 0 bridgehead atoms. The van der Waals surface area contributed by atoms with Gasteiger partial charge in [0.05, 0.1) is 5.56 Å². The molecule has 2 aromatic heterocycles. The Balaban J connectivity index is 2.60. The average Bonchev–Trinajstić information content (AvgIpc) is 2.66. The lowest BCUT2D eigenvalue weighted by molar-refractivity contribution is 0.766. The molecular formula is C9H10N4O. The summed E-state index contributed by atoms with van der Waals surface area (Å²) in [5, 5.41) is 7.68. The smallest absolute Gasteiger partial charge is 0.192 e. The first-order valence-corrected chi connectivity index (χ1v) is 4.38. The number of pyridine rings is 1. The zero-order chi connectivity index (χ0) is 9.97. The molecule has 0 fully saturated rings. The molecule has 0 saturated heterocycles. The van der Waals surface area contributed by atoms with E-state index in [1.165, 1.54) is 6.07 Å². The summed E-state index contributed by atoms with van der Waals surface area (Å²) in [5.41, 5.74) is 0.498. The van der Waals surface area contributed by atoms with Crippen LogP contribution in [0.3, 0.4) is 0 Å². The van der Waals surface area contributed by atoms with Crippen molar-refractivity contribution in [2.24, 2.45) is 0 Å². The molecule has 2 aromatic rings. The summed E-state index contributed by atoms with van der Waals surface area (Å²) in [5.74, 6) is 0.606. The van der Waals surface area contributed by atoms with Crippen molar-refractivity contribution in [1.29, 1.82) is 0 Å². The molecule has 0 amide bonds. The molecule has 0 aliphatic heterocycles. The number of nitrogens with one attached hydrogen (secondary N) is 1. The maximum atomic E-state index is 11.5. The number of hydrogen-bond acceptors (Lipinski definition) is 3. The number of aromatic nitrogens is 4. The van der Waals surface area contributed by atoms with Crippen LogP contribution in [0.5, 0.6) is 0 Å². The number of nitrogens with zero attached hydrogens (tertiary/aromatic N) is 3. The first-order valence-electron chi connectivity index (χ1n) is 4.38. The molecule has 0 aliphatic rings. The van der Waals surface area contributed by atoms with E-state index in [2.05, 4.69) is 15.2 Å². The van der Waals surface area contributed by atoms with Gasteiger partial charge in [0.25, 0.3) is 0 Å². The van der Waals surface area contributed by atoms with E-state index in [0.717, 1.165) is 6.54 Å². The van der Waals surface area contributed by atoms with Crippen LogP contribution < -0.4 is 5.43 Å². The van der Waals surface area contributed by atoms with Crippen LogP contribution in [-0.4, -0.2) is 19.7 Å². The molecule has 0 aromatic carbocycles. The van der Waals surface area contributed by atoms with E-state index < -0.39 is 0 Å². The third-order valence-corrected chi connectivity index (χ3v) is 2.02. The summed E-state index contributed by atoms with van der Waals surface area (Å²) in [6, 6.07) is 1.48. The summed E-state index contributed by atoms with van der Waals surface area (Å²) >= 11 is 0. The first-order chi connectivity index (χ1) is 6.83. The molecular weight excluding hydrogens is 180 g/mol. The van der Waals surface area contributed by atoms with Crippen LogP contribution in [0, 0.1) is 0 Å². The van der Waals surface area contributed by atoms with Gasteiger partial charge in [-0.3, -0.25) is 4.79 Å². The minimum atomic E-state index is -0.0496. The topological polar surface area (TPSA) is 63.6 Å². The van der Waals surface area contributed by atoms with Crippen molar-refractivity contribution in [2.75, 3.05) is 0 Å². The average molecular weight is 190 g/mol. The second-order valence-electron chi connectivity index (χ2n) is 2.86. The van der Waals surface area contributed by atoms with Crippen molar-refractivity contribution >= 4 is 0 Å². The van der Waals surface area contributed by atoms with Gasteiger partial charge in [0.1, 0.15) is 6.33 Å². The van der Waals surface area contributed by atoms with E-state index in [9.17, 15) is 4.79 Å². The number of hydrogen-bond donors (Lipinski definition) is 1. The van der Waals surface area contributed by atoms with Crippen LogP contribution in [0.4, 0.5) is 0 Å². The molecule has 0 aliphatic carbocycles. The Morgan fingerprint density at radius 1 is 1.57 bits per heavy atom. The van der Waals surface area contributed by atoms with Gasteiger partial charge in [-0.1, -0.05) is 0 Å². The first kappa shape index (κ1) is 8.68. The van der Waals surface area contributed by atoms with E-state index in [1.54, 1.807) is 18.7 Å². The Morgan fingerprint density at radius 2 is 2.43 bits per heavy atom. The fourth-order valence-electron chi connectivity index (χ4n) is 1.29. The van der Waals surface area contributed by atoms with Gasteiger partial charge < -0.3 is 9.55 Å². The summed E-state index contributed by atoms with van der Waals surface area (Å²) in [6.07, 6.45) is 4.85. The summed E-state index contributed by atoms with van der Waals surface area (Å²) in [6.45, 7) is 2.72. The third kappa shape index (κ3) is 1.32. The van der Waals surface area contributed by atoms with E-state index in [1.807, 2.05) is 11.5 Å². The molecule has 1 N–H and O–H groups in total. The van der Waals surface area contributed by atoms with Gasteiger partial charge in [0, 0.05) is 25.0 Å². The van der Waals surface area contributed by atoms with Crippen molar-refractivity contribution in [3.8, 4) is 11.4 Å². The highest BCUT2D eigenvalue weighted by atomic mass is 16.1. The van der Waals surface area contributed by atoms with Crippen LogP contribution in [0.2, 0.25) is 0 Å². The van der Waals surface area contributed by atoms with Crippen LogP contribution in [-0.2, 0) is 6.54 Å². The van der Waals surface area contributed by atoms with Crippen molar-refractivity contribution in [3.05, 3.63) is 35.0 Å². The van der Waals surface area contributed by atoms with Gasteiger partial charge in [-0.15, -0.1) is 10.2 Å². The maximum Gasteiger partial charge on any atom is 0.192 e. The Kier molecular flexibility index (Phi) is 2.14. The molecule has 0 atom stereocenters. The van der Waals surface area contributed by atoms with Gasteiger partial charge in [-0.25, -0.2) is 0 Å². The van der Waals surface area contributed by atoms with Crippen molar-refractivity contribution < 1.29 is 0 Å². The molecule has 14 heavy (non-hydrogen) atoms. The third-order valence-electron chi connectivity index (χ3n) is 2.02. The molecule has 0 spiro atoms. The normalized spacial score (nSPS) is 10.4. The van der Waals surface area contributed by atoms with Crippen LogP contribution in [0.1, 0.15) is 6.92 Å². The van der Waals surface area contributed by atoms with Crippen molar-refractivity contribution in [1.82, 2.24) is 19.7 Å². The second kappa shape index (κ2) is 3.45. The zero-order valence-electron chi connectivity index (χ0n) is 7.77. The summed E-state index contributed by atoms with van der Waals surface area (Å²) in [7, 11) is 0. The fourth-order valence-corrected chi connectivity index (χ4v) is 1.29. The summed E-state index contributed by atoms with van der Waals surface area (Å²) < 4.78 is 1.82. The van der Waals surface area contributed by atoms with Crippen LogP contribution in [0.25, 0.3) is 11.4 Å². The monoisotopic (exact) mass is 190 g/mol. The molecule has 0 radical (unpaired) electrons. The molecule has 5 heteroatoms. The quantitative estimate of drug-likeness (QED) is 0.756. The maximum absolute atomic E-state index is 11.5. The van der Waals surface area contributed by atoms with Gasteiger partial charge in [0.2, 0.25) is 0 Å². The van der Waals surface area contributed by atoms with Crippen LogP contribution >= 0.6 is 0 Å². The van der Waals surface area contributed by atoms with E-state index in [0.29, 0.717) is 11.4 Å². The molecule has 0 saturated carbocycles. The van der Waals surface area contributed by atoms with Gasteiger partial charge in [-0.2, -0.15) is 0 Å². The Morgan fingerprint density at radius 3 is 3.14 bits per heavy atom. The standard InChI is InChI=1S/C9H10N4O/c1-2-13-6-11-12-9(13)7-5-10-4-3-8(7)14/h3-6H,2H2,1H3,(H,10,14). The predicted octanol–water partition coefficient (Wildman–Crippen LogP) is 0.653. The lowest BCUT2D eigenvalue weighted by atomic mass is 10.2. The largest absolute Gasteiger partial charge is 0.367 e. The van der Waals surface area contributed by atoms with E-state index in [4.69, 9.17) is 0 Å². The highest BCUT2D eigenvalue weighted by Crippen LogP contribution is 2.09. The minimum Gasteiger partial charge on any atom is -0.367 e. The summed E-state index contributed by atoms with van der Waals surface area (Å²) in [4.78, 5) is 14.3. The fraction of sp³-hybridized carbons (Fsp3) is 0.222. The lowest BCUT2D eigenvalue weighted by Crippen LogP contribution is -2.07. The SMILES string of the molecule is CCn1cnnc1-c1c[nH]ccc1=O. The number of aromatic amines is 1. The zero-order valence-corrected chi connectivity index (χ0v) is 7.77. The van der Waals surface area contributed by atoms with Crippen molar-refractivity contribution in [3.63, 3.8) is 0 Å². The molecule has 72 valence electrons. The number of aryl methyl sites for hydroxylation is 1. The van der Waals surface area contributed by atoms with Gasteiger partial charge >= 0.3 is 0 Å². The highest BCUT2D eigenvalue weighted by Gasteiger charge is 2.08. The Hall–Kier alpha value is -1.91. The Bertz CT molecular complexity index is 485. The molecule has 2 rings (SSSR count). The minimum absolute atomic E-state index is 0.0496. The van der Waals surface area contributed by atoms with Crippen LogP contribution in [0.15, 0.2) is 29.6 Å². The molecule has 0 unspecified atom stereocenters. The van der Waals surface area contributed by atoms with E-state index in [-0.39, 0.29) is 5.43 Å². The second-order valence-corrected chi connectivity index (χ2v) is 2.86. The molecule has 2 heterocycles. The number of rotatable bonds is 2.